The van der Waals surface area contributed by atoms with E-state index in [0.29, 0.717) is 6.04 Å². The fourth-order valence-corrected chi connectivity index (χ4v) is 5.43. The van der Waals surface area contributed by atoms with E-state index in [1.165, 1.54) is 23.4 Å². The Morgan fingerprint density at radius 2 is 1.82 bits per heavy atom. The molecule has 0 aliphatic carbocycles. The predicted octanol–water partition coefficient (Wildman–Crippen LogP) is 6.37. The number of hydrogen-bond acceptors (Lipinski definition) is 6. The van der Waals surface area contributed by atoms with Crippen LogP contribution in [0.15, 0.2) is 59.6 Å². The van der Waals surface area contributed by atoms with E-state index in [-0.39, 0.29) is 24.8 Å². The van der Waals surface area contributed by atoms with Crippen molar-refractivity contribution in [2.45, 2.75) is 45.1 Å². The molecule has 5 nitrogen and oxygen atoms in total. The number of halogens is 2. The number of rotatable bonds is 6. The highest BCUT2D eigenvalue weighted by atomic mass is 35.5. The summed E-state index contributed by atoms with van der Waals surface area (Å²) in [4.78, 5) is 12.7. The fourth-order valence-electron chi connectivity index (χ4n) is 4.42. The number of fused-ring (bicyclic) bond motifs is 2. The molecule has 1 atom stereocenters. The second-order valence-corrected chi connectivity index (χ2v) is 9.67. The smallest absolute Gasteiger partial charge is 0.158 e. The summed E-state index contributed by atoms with van der Waals surface area (Å²) in [7, 11) is 0. The van der Waals surface area contributed by atoms with Gasteiger partial charge in [0, 0.05) is 25.7 Å². The first-order valence-electron chi connectivity index (χ1n) is 11.8. The summed E-state index contributed by atoms with van der Waals surface area (Å²) in [6.07, 6.45) is 5.60. The Balaban J connectivity index is 0.00000162. The Morgan fingerprint density at radius 3 is 2.65 bits per heavy atom. The number of anilines is 2. The van der Waals surface area contributed by atoms with Crippen molar-refractivity contribution in [3.8, 4) is 0 Å². The van der Waals surface area contributed by atoms with Gasteiger partial charge in [-0.15, -0.1) is 36.2 Å². The first-order valence-corrected chi connectivity index (χ1v) is 12.6. The topological polar surface area (TPSA) is 52.6 Å². The van der Waals surface area contributed by atoms with Crippen LogP contribution >= 0.6 is 36.2 Å². The lowest BCUT2D eigenvalue weighted by Crippen LogP contribution is -2.53. The Bertz CT molecular complexity index is 1090. The number of piperazine rings is 1. The van der Waals surface area contributed by atoms with Gasteiger partial charge >= 0.3 is 0 Å². The van der Waals surface area contributed by atoms with Gasteiger partial charge in [-0.05, 0) is 43.4 Å². The summed E-state index contributed by atoms with van der Waals surface area (Å²) in [6, 6.07) is 19.5. The molecule has 0 amide bonds. The lowest BCUT2D eigenvalue weighted by molar-refractivity contribution is 0.282. The minimum absolute atomic E-state index is 0. The van der Waals surface area contributed by atoms with E-state index in [9.17, 15) is 0 Å². The zero-order valence-electron chi connectivity index (χ0n) is 19.5. The molecule has 0 bridgehead atoms. The lowest BCUT2D eigenvalue weighted by Gasteiger charge is -2.35. The third-order valence-electron chi connectivity index (χ3n) is 6.19. The van der Waals surface area contributed by atoms with Gasteiger partial charge in [0.15, 0.2) is 5.84 Å². The van der Waals surface area contributed by atoms with Gasteiger partial charge in [-0.1, -0.05) is 55.8 Å². The SMILES string of the molecule is CCCCc1nc2c(s1)Nc1ccccc1N=C2N1CCN[C@@H](CCc2ccccc2)C1.Cl.Cl. The minimum Gasteiger partial charge on any atom is -0.352 e. The van der Waals surface area contributed by atoms with Crippen LogP contribution in [0.2, 0.25) is 0 Å². The highest BCUT2D eigenvalue weighted by molar-refractivity contribution is 7.16. The zero-order chi connectivity index (χ0) is 21.8. The largest absolute Gasteiger partial charge is 0.352 e. The number of aliphatic imine (C=N–C) groups is 1. The minimum atomic E-state index is 0. The van der Waals surface area contributed by atoms with Gasteiger partial charge in [-0.2, -0.15) is 0 Å². The number of aromatic nitrogens is 1. The maximum atomic E-state index is 5.15. The van der Waals surface area contributed by atoms with Crippen molar-refractivity contribution < 1.29 is 0 Å². The summed E-state index contributed by atoms with van der Waals surface area (Å²) in [5.41, 5.74) is 4.46. The first-order chi connectivity index (χ1) is 15.8. The molecule has 1 saturated heterocycles. The summed E-state index contributed by atoms with van der Waals surface area (Å²) >= 11 is 1.78. The van der Waals surface area contributed by atoms with E-state index in [0.717, 1.165) is 66.8 Å². The number of amidine groups is 1. The summed E-state index contributed by atoms with van der Waals surface area (Å²) in [6.45, 7) is 5.10. The van der Waals surface area contributed by atoms with Crippen LogP contribution in [0.3, 0.4) is 0 Å². The number of unbranched alkanes of at least 4 members (excludes halogenated alkanes) is 1. The molecule has 2 N–H and O–H groups in total. The van der Waals surface area contributed by atoms with Crippen molar-refractivity contribution in [2.24, 2.45) is 4.99 Å². The van der Waals surface area contributed by atoms with Gasteiger partial charge in [0.2, 0.25) is 0 Å². The van der Waals surface area contributed by atoms with Crippen molar-refractivity contribution in [1.82, 2.24) is 15.2 Å². The van der Waals surface area contributed by atoms with Gasteiger partial charge in [-0.25, -0.2) is 9.98 Å². The Kier molecular flexibility index (Phi) is 9.77. The van der Waals surface area contributed by atoms with Crippen molar-refractivity contribution in [3.63, 3.8) is 0 Å². The molecule has 2 aromatic carbocycles. The quantitative estimate of drug-likeness (QED) is 0.398. The standard InChI is InChI=1S/C26H31N5S.2ClH/c1-2-3-13-23-30-24-25(28-21-11-7-8-12-22(21)29-26(24)32-23)31-17-16-27-20(18-31)15-14-19-9-5-4-6-10-19;;/h4-12,20,27,29H,2-3,13-18H2,1H3;2*1H/t20-;;/m0../s1. The molecule has 0 unspecified atom stereocenters. The van der Waals surface area contributed by atoms with E-state index >= 15 is 0 Å². The number of thiazole rings is 1. The number of nitrogens with zero attached hydrogens (tertiary/aromatic N) is 3. The summed E-state index contributed by atoms with van der Waals surface area (Å²) in [5.74, 6) is 1.02. The van der Waals surface area contributed by atoms with Gasteiger partial charge in [0.05, 0.1) is 16.4 Å². The molecule has 1 fully saturated rings. The molecular formula is C26H33Cl2N5S. The lowest BCUT2D eigenvalue weighted by atomic mass is 10.0. The van der Waals surface area contributed by atoms with Crippen LogP contribution in [0.1, 0.15) is 42.5 Å². The normalized spacial score (nSPS) is 16.7. The highest BCUT2D eigenvalue weighted by Crippen LogP contribution is 2.38. The van der Waals surface area contributed by atoms with E-state index in [1.54, 1.807) is 11.3 Å². The Hall–Kier alpha value is -2.12. The maximum Gasteiger partial charge on any atom is 0.158 e. The molecule has 3 heterocycles. The van der Waals surface area contributed by atoms with Crippen molar-refractivity contribution in [1.29, 1.82) is 0 Å². The van der Waals surface area contributed by atoms with E-state index in [4.69, 9.17) is 9.98 Å². The average molecular weight is 519 g/mol. The van der Waals surface area contributed by atoms with Crippen LogP contribution in [0, 0.1) is 0 Å². The predicted molar refractivity (Wildman–Crippen MR) is 149 cm³/mol. The molecule has 1 aromatic heterocycles. The second kappa shape index (κ2) is 12.5. The molecule has 34 heavy (non-hydrogen) atoms. The summed E-state index contributed by atoms with van der Waals surface area (Å²) < 4.78 is 0. The highest BCUT2D eigenvalue weighted by Gasteiger charge is 2.28. The molecule has 0 radical (unpaired) electrons. The third-order valence-corrected chi connectivity index (χ3v) is 7.22. The molecular weight excluding hydrogens is 485 g/mol. The van der Waals surface area contributed by atoms with Crippen LogP contribution in [0.5, 0.6) is 0 Å². The monoisotopic (exact) mass is 517 g/mol. The Morgan fingerprint density at radius 1 is 1.03 bits per heavy atom. The van der Waals surface area contributed by atoms with Crippen LogP contribution in [0.4, 0.5) is 16.4 Å². The molecule has 0 saturated carbocycles. The molecule has 2 aliphatic heterocycles. The third kappa shape index (κ3) is 6.11. The van der Waals surface area contributed by atoms with Crippen molar-refractivity contribution in [2.75, 3.05) is 25.0 Å². The van der Waals surface area contributed by atoms with Crippen LogP contribution in [-0.2, 0) is 12.8 Å². The number of aryl methyl sites for hydroxylation is 2. The van der Waals surface area contributed by atoms with E-state index < -0.39 is 0 Å². The van der Waals surface area contributed by atoms with Gasteiger partial charge in [0.25, 0.3) is 0 Å². The molecule has 8 heteroatoms. The molecule has 2 aliphatic rings. The zero-order valence-corrected chi connectivity index (χ0v) is 21.9. The van der Waals surface area contributed by atoms with Crippen molar-refractivity contribution >= 4 is 58.4 Å². The molecule has 182 valence electrons. The molecule has 5 rings (SSSR count). The number of nitrogens with one attached hydrogen (secondary N) is 2. The van der Waals surface area contributed by atoms with Crippen LogP contribution in [0.25, 0.3) is 0 Å². The summed E-state index contributed by atoms with van der Waals surface area (Å²) in [5, 5.41) is 9.67. The van der Waals surface area contributed by atoms with Gasteiger partial charge < -0.3 is 15.5 Å². The fraction of sp³-hybridized carbons (Fsp3) is 0.385. The Labute approximate surface area is 218 Å². The number of benzene rings is 2. The van der Waals surface area contributed by atoms with E-state index in [2.05, 4.69) is 77.1 Å². The van der Waals surface area contributed by atoms with E-state index in [1.807, 2.05) is 0 Å². The second-order valence-electron chi connectivity index (χ2n) is 8.59. The first kappa shape index (κ1) is 26.5. The molecule has 3 aromatic rings. The average Bonchev–Trinajstić information content (AvgIpc) is 3.16. The maximum absolute atomic E-state index is 5.15. The molecule has 0 spiro atoms. The van der Waals surface area contributed by atoms with Crippen LogP contribution in [-0.4, -0.2) is 41.4 Å². The number of para-hydroxylation sites is 2. The van der Waals surface area contributed by atoms with Gasteiger partial charge in [0.1, 0.15) is 10.7 Å². The number of hydrogen-bond donors (Lipinski definition) is 2. The van der Waals surface area contributed by atoms with Crippen molar-refractivity contribution in [3.05, 3.63) is 70.9 Å². The van der Waals surface area contributed by atoms with Crippen LogP contribution < -0.4 is 10.6 Å². The van der Waals surface area contributed by atoms with Gasteiger partial charge in [-0.3, -0.25) is 0 Å².